The molecule has 17 heavy (non-hydrogen) atoms. The van der Waals surface area contributed by atoms with Gasteiger partial charge in [0, 0.05) is 24.6 Å². The largest absolute Gasteiger partial charge is 0.386 e. The van der Waals surface area contributed by atoms with Crippen molar-refractivity contribution in [3.63, 3.8) is 0 Å². The van der Waals surface area contributed by atoms with Crippen molar-refractivity contribution in [1.29, 1.82) is 0 Å². The molecule has 1 aromatic rings. The predicted molar refractivity (Wildman–Crippen MR) is 62.6 cm³/mol. The SMILES string of the molecule is CC(N)CC(=O)NCC(O)c1ccccc1F. The van der Waals surface area contributed by atoms with Crippen molar-refractivity contribution >= 4 is 5.91 Å². The summed E-state index contributed by atoms with van der Waals surface area (Å²) in [7, 11) is 0. The number of amides is 1. The molecule has 0 bridgehead atoms. The molecule has 2 atom stereocenters. The third kappa shape index (κ3) is 4.50. The highest BCUT2D eigenvalue weighted by atomic mass is 19.1. The van der Waals surface area contributed by atoms with Crippen LogP contribution >= 0.6 is 0 Å². The van der Waals surface area contributed by atoms with Crippen molar-refractivity contribution in [3.8, 4) is 0 Å². The minimum atomic E-state index is -1.05. The number of nitrogens with two attached hydrogens (primary N) is 1. The van der Waals surface area contributed by atoms with Gasteiger partial charge in [-0.3, -0.25) is 4.79 Å². The van der Waals surface area contributed by atoms with Crippen LogP contribution in [0.4, 0.5) is 4.39 Å². The first-order chi connectivity index (χ1) is 8.00. The average Bonchev–Trinajstić information content (AvgIpc) is 2.25. The van der Waals surface area contributed by atoms with Gasteiger partial charge in [0.2, 0.25) is 5.91 Å². The molecule has 4 N–H and O–H groups in total. The molecule has 94 valence electrons. The van der Waals surface area contributed by atoms with Crippen molar-refractivity contribution in [1.82, 2.24) is 5.32 Å². The summed E-state index contributed by atoms with van der Waals surface area (Å²) in [5.41, 5.74) is 5.63. The van der Waals surface area contributed by atoms with E-state index in [0.29, 0.717) is 0 Å². The second-order valence-corrected chi connectivity index (χ2v) is 4.02. The number of hydrogen-bond donors (Lipinski definition) is 3. The number of aliphatic hydroxyl groups excluding tert-OH is 1. The lowest BCUT2D eigenvalue weighted by Gasteiger charge is -2.13. The van der Waals surface area contributed by atoms with E-state index in [-0.39, 0.29) is 30.5 Å². The van der Waals surface area contributed by atoms with Gasteiger partial charge in [0.05, 0.1) is 6.10 Å². The minimum Gasteiger partial charge on any atom is -0.386 e. The molecule has 1 aromatic carbocycles. The quantitative estimate of drug-likeness (QED) is 0.709. The maximum atomic E-state index is 13.3. The predicted octanol–water partition coefficient (Wildman–Crippen LogP) is 0.713. The highest BCUT2D eigenvalue weighted by molar-refractivity contribution is 5.76. The first-order valence-corrected chi connectivity index (χ1v) is 5.45. The van der Waals surface area contributed by atoms with Gasteiger partial charge in [-0.15, -0.1) is 0 Å². The van der Waals surface area contributed by atoms with Gasteiger partial charge in [-0.2, -0.15) is 0 Å². The molecular formula is C12H17FN2O2. The standard InChI is InChI=1S/C12H17FN2O2/c1-8(14)6-12(17)15-7-11(16)9-4-2-3-5-10(9)13/h2-5,8,11,16H,6-7,14H2,1H3,(H,15,17). The Balaban J connectivity index is 2.48. The van der Waals surface area contributed by atoms with Gasteiger partial charge >= 0.3 is 0 Å². The molecule has 1 amide bonds. The summed E-state index contributed by atoms with van der Waals surface area (Å²) in [6.45, 7) is 1.69. The van der Waals surface area contributed by atoms with Crippen LogP contribution in [0.3, 0.4) is 0 Å². The van der Waals surface area contributed by atoms with Gasteiger partial charge in [0.1, 0.15) is 5.82 Å². The fourth-order valence-electron chi connectivity index (χ4n) is 1.43. The monoisotopic (exact) mass is 240 g/mol. The molecule has 4 nitrogen and oxygen atoms in total. The second kappa shape index (κ2) is 6.32. The summed E-state index contributed by atoms with van der Waals surface area (Å²) >= 11 is 0. The molecule has 0 saturated heterocycles. The maximum Gasteiger partial charge on any atom is 0.221 e. The molecule has 1 rings (SSSR count). The van der Waals surface area contributed by atoms with Crippen LogP contribution in [0.1, 0.15) is 25.0 Å². The van der Waals surface area contributed by atoms with E-state index < -0.39 is 11.9 Å². The van der Waals surface area contributed by atoms with Crippen LogP contribution in [0.25, 0.3) is 0 Å². The minimum absolute atomic E-state index is 0.0213. The molecule has 0 aliphatic rings. The first-order valence-electron chi connectivity index (χ1n) is 5.45. The average molecular weight is 240 g/mol. The van der Waals surface area contributed by atoms with E-state index in [2.05, 4.69) is 5.32 Å². The normalized spacial score (nSPS) is 14.1. The van der Waals surface area contributed by atoms with Gasteiger partial charge in [-0.25, -0.2) is 4.39 Å². The molecule has 0 radical (unpaired) electrons. The zero-order valence-corrected chi connectivity index (χ0v) is 9.69. The first kappa shape index (κ1) is 13.6. The smallest absolute Gasteiger partial charge is 0.221 e. The van der Waals surface area contributed by atoms with Crippen LogP contribution in [0.2, 0.25) is 0 Å². The number of halogens is 1. The Morgan fingerprint density at radius 3 is 2.76 bits per heavy atom. The van der Waals surface area contributed by atoms with E-state index in [1.165, 1.54) is 12.1 Å². The number of rotatable bonds is 5. The summed E-state index contributed by atoms with van der Waals surface area (Å²) in [5.74, 6) is -0.739. The molecule has 2 unspecified atom stereocenters. The van der Waals surface area contributed by atoms with E-state index in [9.17, 15) is 14.3 Å². The van der Waals surface area contributed by atoms with Gasteiger partial charge < -0.3 is 16.2 Å². The Kier molecular flexibility index (Phi) is 5.06. The van der Waals surface area contributed by atoms with Gasteiger partial charge in [0.25, 0.3) is 0 Å². The number of hydrogen-bond acceptors (Lipinski definition) is 3. The highest BCUT2D eigenvalue weighted by Crippen LogP contribution is 2.15. The summed E-state index contributed by atoms with van der Waals surface area (Å²) in [4.78, 5) is 11.3. The third-order valence-electron chi connectivity index (χ3n) is 2.26. The highest BCUT2D eigenvalue weighted by Gasteiger charge is 2.13. The van der Waals surface area contributed by atoms with E-state index >= 15 is 0 Å². The van der Waals surface area contributed by atoms with E-state index in [1.807, 2.05) is 0 Å². The van der Waals surface area contributed by atoms with Crippen molar-refractivity contribution in [3.05, 3.63) is 35.6 Å². The lowest BCUT2D eigenvalue weighted by Crippen LogP contribution is -2.32. The van der Waals surface area contributed by atoms with Crippen LogP contribution in [0, 0.1) is 5.82 Å². The van der Waals surface area contributed by atoms with E-state index in [1.54, 1.807) is 19.1 Å². The Morgan fingerprint density at radius 2 is 2.18 bits per heavy atom. The van der Waals surface area contributed by atoms with Crippen LogP contribution in [-0.4, -0.2) is 23.6 Å². The molecule has 0 aliphatic heterocycles. The molecule has 0 aliphatic carbocycles. The zero-order valence-electron chi connectivity index (χ0n) is 9.69. The van der Waals surface area contributed by atoms with Gasteiger partial charge in [-0.05, 0) is 13.0 Å². The van der Waals surface area contributed by atoms with Crippen LogP contribution < -0.4 is 11.1 Å². The van der Waals surface area contributed by atoms with Crippen molar-refractivity contribution < 1.29 is 14.3 Å². The lowest BCUT2D eigenvalue weighted by atomic mass is 10.1. The summed E-state index contributed by atoms with van der Waals surface area (Å²) in [6.07, 6.45) is -0.863. The maximum absolute atomic E-state index is 13.3. The van der Waals surface area contributed by atoms with Crippen molar-refractivity contribution in [2.45, 2.75) is 25.5 Å². The number of carbonyl (C=O) groups is 1. The summed E-state index contributed by atoms with van der Waals surface area (Å²) in [6, 6.07) is 5.69. The Hall–Kier alpha value is -1.46. The molecule has 5 heteroatoms. The molecule has 0 saturated carbocycles. The van der Waals surface area contributed by atoms with Crippen molar-refractivity contribution in [2.24, 2.45) is 5.73 Å². The molecule has 0 aromatic heterocycles. The fourth-order valence-corrected chi connectivity index (χ4v) is 1.43. The van der Waals surface area contributed by atoms with Gasteiger partial charge in [0.15, 0.2) is 0 Å². The topological polar surface area (TPSA) is 75.4 Å². The molecule has 0 fully saturated rings. The summed E-state index contributed by atoms with van der Waals surface area (Å²) in [5, 5.41) is 12.2. The van der Waals surface area contributed by atoms with E-state index in [4.69, 9.17) is 5.73 Å². The molecular weight excluding hydrogens is 223 g/mol. The number of carbonyl (C=O) groups excluding carboxylic acids is 1. The number of aliphatic hydroxyl groups is 1. The van der Waals surface area contributed by atoms with Crippen LogP contribution in [0.15, 0.2) is 24.3 Å². The lowest BCUT2D eigenvalue weighted by molar-refractivity contribution is -0.121. The van der Waals surface area contributed by atoms with Crippen molar-refractivity contribution in [2.75, 3.05) is 6.54 Å². The zero-order chi connectivity index (χ0) is 12.8. The number of benzene rings is 1. The fraction of sp³-hybridized carbons (Fsp3) is 0.417. The molecule has 0 heterocycles. The van der Waals surface area contributed by atoms with Gasteiger partial charge in [-0.1, -0.05) is 18.2 Å². The van der Waals surface area contributed by atoms with Crippen LogP contribution in [-0.2, 0) is 4.79 Å². The third-order valence-corrected chi connectivity index (χ3v) is 2.26. The second-order valence-electron chi connectivity index (χ2n) is 4.02. The Labute approximate surface area is 99.6 Å². The van der Waals surface area contributed by atoms with E-state index in [0.717, 1.165) is 0 Å². The van der Waals surface area contributed by atoms with Crippen LogP contribution in [0.5, 0.6) is 0 Å². The Bertz CT molecular complexity index is 383. The number of nitrogens with one attached hydrogen (secondary N) is 1. The Morgan fingerprint density at radius 1 is 1.53 bits per heavy atom. The molecule has 0 spiro atoms. The summed E-state index contributed by atoms with van der Waals surface area (Å²) < 4.78 is 13.3.